The standard InChI is InChI=1S/C11H6BrN3O6S/c12-10-5-8(15(18)19)6-11(13-10)22(20,21)9-3-1-7(2-4-9)14(16)17/h1-6H. The number of rotatable bonds is 4. The summed E-state index contributed by atoms with van der Waals surface area (Å²) in [4.78, 5) is 23.4. The second-order valence-corrected chi connectivity index (χ2v) is 6.71. The van der Waals surface area contributed by atoms with Crippen LogP contribution >= 0.6 is 15.9 Å². The maximum atomic E-state index is 12.4. The highest BCUT2D eigenvalue weighted by Gasteiger charge is 2.24. The van der Waals surface area contributed by atoms with E-state index >= 15 is 0 Å². The molecular weight excluding hydrogens is 382 g/mol. The maximum Gasteiger partial charge on any atom is 0.275 e. The Hall–Kier alpha value is -2.40. The minimum atomic E-state index is -4.13. The number of halogens is 1. The van der Waals surface area contributed by atoms with E-state index in [-0.39, 0.29) is 15.2 Å². The van der Waals surface area contributed by atoms with Crippen molar-refractivity contribution >= 4 is 37.1 Å². The van der Waals surface area contributed by atoms with Gasteiger partial charge >= 0.3 is 0 Å². The number of non-ortho nitro benzene ring substituents is 1. The molecule has 0 spiro atoms. The molecular formula is C11H6BrN3O6S. The van der Waals surface area contributed by atoms with Gasteiger partial charge in [0.2, 0.25) is 9.84 Å². The minimum Gasteiger partial charge on any atom is -0.258 e. The highest BCUT2D eigenvalue weighted by molar-refractivity contribution is 9.10. The van der Waals surface area contributed by atoms with Crippen molar-refractivity contribution in [3.8, 4) is 0 Å². The van der Waals surface area contributed by atoms with Crippen LogP contribution in [-0.2, 0) is 9.84 Å². The van der Waals surface area contributed by atoms with Gasteiger partial charge in [0.1, 0.15) is 4.60 Å². The van der Waals surface area contributed by atoms with Gasteiger partial charge in [-0.1, -0.05) is 0 Å². The Morgan fingerprint density at radius 1 is 0.955 bits per heavy atom. The molecule has 0 radical (unpaired) electrons. The van der Waals surface area contributed by atoms with Crippen LogP contribution in [0, 0.1) is 20.2 Å². The SMILES string of the molecule is O=[N+]([O-])c1ccc(S(=O)(=O)c2cc([N+](=O)[O-])cc(Br)n2)cc1. The number of pyridine rings is 1. The molecule has 11 heteroatoms. The third kappa shape index (κ3) is 3.09. The van der Waals surface area contributed by atoms with Gasteiger partial charge in [-0.25, -0.2) is 13.4 Å². The molecule has 2 rings (SSSR count). The van der Waals surface area contributed by atoms with Gasteiger partial charge in [0.25, 0.3) is 11.4 Å². The lowest BCUT2D eigenvalue weighted by Crippen LogP contribution is -2.06. The fourth-order valence-corrected chi connectivity index (χ4v) is 3.34. The summed E-state index contributed by atoms with van der Waals surface area (Å²) in [5.41, 5.74) is -0.713. The van der Waals surface area contributed by atoms with Crippen molar-refractivity contribution in [1.82, 2.24) is 4.98 Å². The van der Waals surface area contributed by atoms with E-state index in [0.29, 0.717) is 0 Å². The Labute approximate surface area is 132 Å². The van der Waals surface area contributed by atoms with Crippen LogP contribution in [0.2, 0.25) is 0 Å². The first-order valence-electron chi connectivity index (χ1n) is 5.53. The van der Waals surface area contributed by atoms with Crippen molar-refractivity contribution in [3.05, 3.63) is 61.2 Å². The van der Waals surface area contributed by atoms with E-state index in [4.69, 9.17) is 0 Å². The average molecular weight is 388 g/mol. The maximum absolute atomic E-state index is 12.4. The number of hydrogen-bond acceptors (Lipinski definition) is 7. The zero-order chi connectivity index (χ0) is 16.5. The molecule has 0 amide bonds. The molecule has 0 saturated heterocycles. The Balaban J connectivity index is 2.55. The molecule has 0 bridgehead atoms. The van der Waals surface area contributed by atoms with E-state index in [2.05, 4.69) is 20.9 Å². The van der Waals surface area contributed by atoms with Gasteiger partial charge < -0.3 is 0 Å². The number of hydrogen-bond donors (Lipinski definition) is 0. The molecule has 0 aliphatic heterocycles. The van der Waals surface area contributed by atoms with Crippen LogP contribution < -0.4 is 0 Å². The average Bonchev–Trinajstić information content (AvgIpc) is 2.46. The highest BCUT2D eigenvalue weighted by atomic mass is 79.9. The molecule has 1 heterocycles. The first-order chi connectivity index (χ1) is 10.2. The Morgan fingerprint density at radius 2 is 1.50 bits per heavy atom. The van der Waals surface area contributed by atoms with Crippen LogP contribution in [0.15, 0.2) is 50.9 Å². The number of benzene rings is 1. The lowest BCUT2D eigenvalue weighted by Gasteiger charge is -2.04. The second-order valence-electron chi connectivity index (χ2n) is 4.00. The van der Waals surface area contributed by atoms with E-state index in [1.54, 1.807) is 0 Å². The molecule has 0 fully saturated rings. The van der Waals surface area contributed by atoms with Crippen molar-refractivity contribution in [2.45, 2.75) is 9.92 Å². The summed E-state index contributed by atoms with van der Waals surface area (Å²) >= 11 is 2.91. The summed E-state index contributed by atoms with van der Waals surface area (Å²) in [5, 5.41) is 20.8. The van der Waals surface area contributed by atoms with Crippen LogP contribution in [0.25, 0.3) is 0 Å². The first-order valence-corrected chi connectivity index (χ1v) is 7.81. The van der Waals surface area contributed by atoms with E-state index in [1.165, 1.54) is 0 Å². The van der Waals surface area contributed by atoms with E-state index in [0.717, 1.165) is 36.4 Å². The zero-order valence-corrected chi connectivity index (χ0v) is 12.9. The van der Waals surface area contributed by atoms with Gasteiger partial charge in [0, 0.05) is 18.2 Å². The number of aromatic nitrogens is 1. The molecule has 0 saturated carbocycles. The van der Waals surface area contributed by atoms with Crippen molar-refractivity contribution in [3.63, 3.8) is 0 Å². The minimum absolute atomic E-state index is 0.0119. The summed E-state index contributed by atoms with van der Waals surface area (Å²) in [6, 6.07) is 6.03. The summed E-state index contributed by atoms with van der Waals surface area (Å²) in [6.07, 6.45) is 0. The largest absolute Gasteiger partial charge is 0.275 e. The second kappa shape index (κ2) is 5.77. The molecule has 0 atom stereocenters. The predicted molar refractivity (Wildman–Crippen MR) is 77.1 cm³/mol. The van der Waals surface area contributed by atoms with Gasteiger partial charge in [-0.3, -0.25) is 20.2 Å². The van der Waals surface area contributed by atoms with E-state index < -0.39 is 30.4 Å². The molecule has 114 valence electrons. The normalized spacial score (nSPS) is 11.1. The fourth-order valence-electron chi connectivity index (χ4n) is 1.57. The molecule has 9 nitrogen and oxygen atoms in total. The molecule has 0 aliphatic carbocycles. The zero-order valence-electron chi connectivity index (χ0n) is 10.5. The van der Waals surface area contributed by atoms with E-state index in [9.17, 15) is 28.6 Å². The van der Waals surface area contributed by atoms with Crippen LogP contribution in [-0.4, -0.2) is 23.2 Å². The van der Waals surface area contributed by atoms with Gasteiger partial charge in [0.15, 0.2) is 5.03 Å². The predicted octanol–water partition coefficient (Wildman–Crippen LogP) is 2.49. The molecule has 2 aromatic rings. The van der Waals surface area contributed by atoms with Crippen LogP contribution in [0.4, 0.5) is 11.4 Å². The van der Waals surface area contributed by atoms with Crippen LogP contribution in [0.1, 0.15) is 0 Å². The smallest absolute Gasteiger partial charge is 0.258 e. The summed E-state index contributed by atoms with van der Waals surface area (Å²) in [7, 11) is -4.13. The van der Waals surface area contributed by atoms with Crippen LogP contribution in [0.3, 0.4) is 0 Å². The monoisotopic (exact) mass is 387 g/mol. The molecule has 1 aromatic carbocycles. The molecule has 0 aliphatic rings. The van der Waals surface area contributed by atoms with Gasteiger partial charge in [-0.05, 0) is 28.1 Å². The lowest BCUT2D eigenvalue weighted by molar-refractivity contribution is -0.385. The van der Waals surface area contributed by atoms with E-state index in [1.807, 2.05) is 0 Å². The van der Waals surface area contributed by atoms with Crippen molar-refractivity contribution in [2.75, 3.05) is 0 Å². The molecule has 0 unspecified atom stereocenters. The third-order valence-corrected chi connectivity index (χ3v) is 4.66. The highest BCUT2D eigenvalue weighted by Crippen LogP contribution is 2.26. The number of nitrogens with zero attached hydrogens (tertiary/aromatic N) is 3. The topological polar surface area (TPSA) is 133 Å². The lowest BCUT2D eigenvalue weighted by atomic mass is 10.3. The summed E-state index contributed by atoms with van der Waals surface area (Å²) in [6.45, 7) is 0. The molecule has 0 N–H and O–H groups in total. The number of nitro benzene ring substituents is 1. The number of nitro groups is 2. The fraction of sp³-hybridized carbons (Fsp3) is 0. The van der Waals surface area contributed by atoms with Crippen LogP contribution in [0.5, 0.6) is 0 Å². The summed E-state index contributed by atoms with van der Waals surface area (Å²) < 4.78 is 24.7. The number of sulfone groups is 1. The Bertz CT molecular complexity index is 866. The Kier molecular flexibility index (Phi) is 4.19. The van der Waals surface area contributed by atoms with Gasteiger partial charge in [-0.15, -0.1) is 0 Å². The van der Waals surface area contributed by atoms with Crippen molar-refractivity contribution in [2.24, 2.45) is 0 Å². The van der Waals surface area contributed by atoms with Gasteiger partial charge in [-0.2, -0.15) is 0 Å². The van der Waals surface area contributed by atoms with Crippen molar-refractivity contribution < 1.29 is 18.3 Å². The first kappa shape index (κ1) is 16.0. The van der Waals surface area contributed by atoms with Crippen molar-refractivity contribution in [1.29, 1.82) is 0 Å². The van der Waals surface area contributed by atoms with Gasteiger partial charge in [0.05, 0.1) is 20.8 Å². The quantitative estimate of drug-likeness (QED) is 0.446. The molecule has 22 heavy (non-hydrogen) atoms. The molecule has 1 aromatic heterocycles. The summed E-state index contributed by atoms with van der Waals surface area (Å²) in [5.74, 6) is 0. The Morgan fingerprint density at radius 3 is 2.00 bits per heavy atom. The third-order valence-electron chi connectivity index (χ3n) is 2.60.